The third kappa shape index (κ3) is 3.14. The average Bonchev–Trinajstić information content (AvgIpc) is 2.95. The van der Waals surface area contributed by atoms with Gasteiger partial charge in [0.2, 0.25) is 0 Å². The van der Waals surface area contributed by atoms with E-state index in [1.807, 2.05) is 18.2 Å². The number of nitrogens with zero attached hydrogens (tertiary/aromatic N) is 3. The van der Waals surface area contributed by atoms with Crippen molar-refractivity contribution < 1.29 is 0 Å². The number of hydrogen-bond donors (Lipinski definition) is 1. The molecule has 0 bridgehead atoms. The number of anilines is 1. The largest absolute Gasteiger partial charge is 0.399 e. The molecule has 0 aliphatic carbocycles. The van der Waals surface area contributed by atoms with E-state index in [1.54, 1.807) is 0 Å². The maximum atomic E-state index is 6.03. The molecular formula is C21H26N4. The first-order valence-electron chi connectivity index (χ1n) is 9.19. The molecule has 2 aromatic heterocycles. The van der Waals surface area contributed by atoms with Gasteiger partial charge in [0.25, 0.3) is 0 Å². The molecule has 1 fully saturated rings. The predicted octanol–water partition coefficient (Wildman–Crippen LogP) is 4.27. The second kappa shape index (κ2) is 6.52. The van der Waals surface area contributed by atoms with E-state index in [2.05, 4.69) is 47.5 Å². The SMILES string of the molecule is Cc1ccc2nc(-c3cccc(N)c3)c(CN3CCCCC3C)n2c1. The fourth-order valence-corrected chi connectivity index (χ4v) is 3.85. The van der Waals surface area contributed by atoms with Crippen LogP contribution in [0.4, 0.5) is 5.69 Å². The van der Waals surface area contributed by atoms with Crippen LogP contribution in [0.15, 0.2) is 42.6 Å². The highest BCUT2D eigenvalue weighted by Crippen LogP contribution is 2.29. The number of aromatic nitrogens is 2. The summed E-state index contributed by atoms with van der Waals surface area (Å²) < 4.78 is 2.26. The van der Waals surface area contributed by atoms with Crippen LogP contribution >= 0.6 is 0 Å². The molecule has 3 aromatic rings. The van der Waals surface area contributed by atoms with Gasteiger partial charge in [-0.05, 0) is 57.0 Å². The van der Waals surface area contributed by atoms with E-state index in [0.29, 0.717) is 6.04 Å². The summed E-state index contributed by atoms with van der Waals surface area (Å²) in [5.74, 6) is 0. The lowest BCUT2D eigenvalue weighted by Gasteiger charge is -2.33. The third-order valence-corrected chi connectivity index (χ3v) is 5.32. The molecule has 0 spiro atoms. The fourth-order valence-electron chi connectivity index (χ4n) is 3.85. The molecule has 2 N–H and O–H groups in total. The molecule has 0 amide bonds. The van der Waals surface area contributed by atoms with Crippen molar-refractivity contribution in [2.45, 2.75) is 45.7 Å². The third-order valence-electron chi connectivity index (χ3n) is 5.32. The van der Waals surface area contributed by atoms with Crippen LogP contribution in [0.5, 0.6) is 0 Å². The van der Waals surface area contributed by atoms with Crippen molar-refractivity contribution in [1.82, 2.24) is 14.3 Å². The molecule has 1 aliphatic rings. The molecule has 25 heavy (non-hydrogen) atoms. The molecule has 4 nitrogen and oxygen atoms in total. The van der Waals surface area contributed by atoms with Crippen molar-refractivity contribution in [1.29, 1.82) is 0 Å². The summed E-state index contributed by atoms with van der Waals surface area (Å²) in [6.45, 7) is 6.56. The highest BCUT2D eigenvalue weighted by molar-refractivity contribution is 5.69. The van der Waals surface area contributed by atoms with Crippen molar-refractivity contribution in [3.63, 3.8) is 0 Å². The number of hydrogen-bond acceptors (Lipinski definition) is 3. The van der Waals surface area contributed by atoms with E-state index in [-0.39, 0.29) is 0 Å². The van der Waals surface area contributed by atoms with Gasteiger partial charge < -0.3 is 10.1 Å². The van der Waals surface area contributed by atoms with Crippen LogP contribution in [0.25, 0.3) is 16.9 Å². The molecule has 4 heteroatoms. The Labute approximate surface area is 149 Å². The normalized spacial score (nSPS) is 18.7. The fraction of sp³-hybridized carbons (Fsp3) is 0.381. The molecule has 1 aliphatic heterocycles. The van der Waals surface area contributed by atoms with Gasteiger partial charge in [0.05, 0.1) is 11.4 Å². The van der Waals surface area contributed by atoms with Crippen molar-refractivity contribution in [3.8, 4) is 11.3 Å². The first kappa shape index (κ1) is 16.2. The molecule has 1 saturated heterocycles. The zero-order valence-corrected chi connectivity index (χ0v) is 15.1. The Hall–Kier alpha value is -2.33. The van der Waals surface area contributed by atoms with Crippen LogP contribution in [0, 0.1) is 6.92 Å². The summed E-state index contributed by atoms with van der Waals surface area (Å²) in [5, 5.41) is 0. The van der Waals surface area contributed by atoms with Crippen LogP contribution in [-0.4, -0.2) is 26.9 Å². The lowest BCUT2D eigenvalue weighted by Crippen LogP contribution is -2.37. The summed E-state index contributed by atoms with van der Waals surface area (Å²) in [4.78, 5) is 7.52. The lowest BCUT2D eigenvalue weighted by atomic mass is 10.0. The number of rotatable bonds is 3. The topological polar surface area (TPSA) is 46.6 Å². The first-order chi connectivity index (χ1) is 12.1. The minimum absolute atomic E-state index is 0.623. The number of fused-ring (bicyclic) bond motifs is 1. The summed E-state index contributed by atoms with van der Waals surface area (Å²) >= 11 is 0. The van der Waals surface area contributed by atoms with E-state index < -0.39 is 0 Å². The molecule has 0 saturated carbocycles. The predicted molar refractivity (Wildman–Crippen MR) is 104 cm³/mol. The highest BCUT2D eigenvalue weighted by Gasteiger charge is 2.22. The summed E-state index contributed by atoms with van der Waals surface area (Å²) in [6, 6.07) is 12.9. The van der Waals surface area contributed by atoms with E-state index in [9.17, 15) is 0 Å². The van der Waals surface area contributed by atoms with Gasteiger partial charge >= 0.3 is 0 Å². The van der Waals surface area contributed by atoms with Gasteiger partial charge in [-0.2, -0.15) is 0 Å². The van der Waals surface area contributed by atoms with E-state index >= 15 is 0 Å². The molecule has 0 radical (unpaired) electrons. The van der Waals surface area contributed by atoms with E-state index in [4.69, 9.17) is 10.7 Å². The number of pyridine rings is 1. The molecule has 1 aromatic carbocycles. The smallest absolute Gasteiger partial charge is 0.137 e. The zero-order chi connectivity index (χ0) is 17.4. The van der Waals surface area contributed by atoms with Gasteiger partial charge in [0.15, 0.2) is 0 Å². The van der Waals surface area contributed by atoms with E-state index in [1.165, 1.54) is 30.5 Å². The monoisotopic (exact) mass is 334 g/mol. The quantitative estimate of drug-likeness (QED) is 0.728. The van der Waals surface area contributed by atoms with Gasteiger partial charge in [-0.3, -0.25) is 4.90 Å². The summed E-state index contributed by atoms with van der Waals surface area (Å²) in [5.41, 5.74) is 12.5. The van der Waals surface area contributed by atoms with Crippen molar-refractivity contribution in [2.24, 2.45) is 0 Å². The summed E-state index contributed by atoms with van der Waals surface area (Å²) in [7, 11) is 0. The van der Waals surface area contributed by atoms with Crippen LogP contribution in [-0.2, 0) is 6.54 Å². The first-order valence-corrected chi connectivity index (χ1v) is 9.19. The number of aryl methyl sites for hydroxylation is 1. The Balaban J connectivity index is 1.84. The van der Waals surface area contributed by atoms with Crippen molar-refractivity contribution in [3.05, 3.63) is 53.9 Å². The van der Waals surface area contributed by atoms with Gasteiger partial charge in [0, 0.05) is 30.0 Å². The second-order valence-corrected chi connectivity index (χ2v) is 7.28. The average molecular weight is 334 g/mol. The van der Waals surface area contributed by atoms with Crippen LogP contribution in [0.1, 0.15) is 37.4 Å². The zero-order valence-electron chi connectivity index (χ0n) is 15.1. The standard InChI is InChI=1S/C21H26N4/c1-15-9-10-20-23-21(17-7-5-8-18(22)12-17)19(25(20)13-15)14-24-11-4-3-6-16(24)2/h5,7-10,12-13,16H,3-4,6,11,14,22H2,1-2H3. The number of nitrogen functional groups attached to an aromatic ring is 1. The van der Waals surface area contributed by atoms with Gasteiger partial charge in [-0.25, -0.2) is 4.98 Å². The van der Waals surface area contributed by atoms with Crippen LogP contribution in [0.2, 0.25) is 0 Å². The number of benzene rings is 1. The number of nitrogens with two attached hydrogens (primary N) is 1. The Bertz CT molecular complexity index is 896. The van der Waals surface area contributed by atoms with Crippen LogP contribution < -0.4 is 5.73 Å². The van der Waals surface area contributed by atoms with Gasteiger partial charge in [-0.15, -0.1) is 0 Å². The maximum Gasteiger partial charge on any atom is 0.137 e. The van der Waals surface area contributed by atoms with E-state index in [0.717, 1.165) is 35.7 Å². The van der Waals surface area contributed by atoms with Gasteiger partial charge in [-0.1, -0.05) is 24.6 Å². The molecular weight excluding hydrogens is 308 g/mol. The Morgan fingerprint density at radius 2 is 2.08 bits per heavy atom. The Kier molecular flexibility index (Phi) is 4.22. The number of likely N-dealkylation sites (tertiary alicyclic amines) is 1. The summed E-state index contributed by atoms with van der Waals surface area (Å²) in [6.07, 6.45) is 6.10. The molecule has 130 valence electrons. The number of imidazole rings is 1. The van der Waals surface area contributed by atoms with Gasteiger partial charge in [0.1, 0.15) is 5.65 Å². The van der Waals surface area contributed by atoms with Crippen LogP contribution in [0.3, 0.4) is 0 Å². The maximum absolute atomic E-state index is 6.03. The Morgan fingerprint density at radius 1 is 1.20 bits per heavy atom. The number of piperidine rings is 1. The molecule has 1 unspecified atom stereocenters. The molecule has 4 rings (SSSR count). The molecule has 3 heterocycles. The highest BCUT2D eigenvalue weighted by atomic mass is 15.2. The molecule has 1 atom stereocenters. The minimum atomic E-state index is 0.623. The second-order valence-electron chi connectivity index (χ2n) is 7.28. The Morgan fingerprint density at radius 3 is 2.88 bits per heavy atom. The minimum Gasteiger partial charge on any atom is -0.399 e. The lowest BCUT2D eigenvalue weighted by molar-refractivity contribution is 0.151. The van der Waals surface area contributed by atoms with Crippen molar-refractivity contribution in [2.75, 3.05) is 12.3 Å². The van der Waals surface area contributed by atoms with Crippen molar-refractivity contribution >= 4 is 11.3 Å².